The zero-order chi connectivity index (χ0) is 23.1. The van der Waals surface area contributed by atoms with Gasteiger partial charge >= 0.3 is 0 Å². The van der Waals surface area contributed by atoms with Crippen molar-refractivity contribution in [3.05, 3.63) is 42.0 Å². The number of piperazine rings is 1. The molecule has 2 heterocycles. The number of hydrogen-bond acceptors (Lipinski definition) is 6. The Labute approximate surface area is 191 Å². The van der Waals surface area contributed by atoms with E-state index in [1.165, 1.54) is 0 Å². The number of nitrogens with zero attached hydrogens (tertiary/aromatic N) is 1. The summed E-state index contributed by atoms with van der Waals surface area (Å²) in [5.74, 6) is 1.23. The molecule has 7 nitrogen and oxygen atoms in total. The smallest absolute Gasteiger partial charge is 0.262 e. The third kappa shape index (κ3) is 4.81. The molecule has 0 aromatic heterocycles. The number of aryl methyl sites for hydroxylation is 1. The molecule has 2 aromatic rings. The van der Waals surface area contributed by atoms with E-state index in [1.807, 2.05) is 32.0 Å². The van der Waals surface area contributed by atoms with Gasteiger partial charge in [0.05, 0.1) is 17.7 Å². The minimum absolute atomic E-state index is 0.219. The summed E-state index contributed by atoms with van der Waals surface area (Å²) in [5.41, 5.74) is 2.07. The van der Waals surface area contributed by atoms with Gasteiger partial charge in [0, 0.05) is 30.9 Å². The number of sulfonamides is 1. The van der Waals surface area contributed by atoms with E-state index in [9.17, 15) is 8.42 Å². The number of anilines is 2. The molecular formula is C24H33N3O4S. The topological polar surface area (TPSA) is 79.9 Å². The molecule has 2 unspecified atom stereocenters. The summed E-state index contributed by atoms with van der Waals surface area (Å²) in [7, 11) is -2.25. The number of benzene rings is 2. The first-order chi connectivity index (χ1) is 15.1. The summed E-state index contributed by atoms with van der Waals surface area (Å²) in [6.45, 7) is 10.1. The number of hydrogen-bond donors (Lipinski definition) is 2. The zero-order valence-electron chi connectivity index (χ0n) is 19.4. The quantitative estimate of drug-likeness (QED) is 0.708. The van der Waals surface area contributed by atoms with Gasteiger partial charge in [0.15, 0.2) is 0 Å². The lowest BCUT2D eigenvalue weighted by atomic mass is 9.94. The molecule has 0 aliphatic carbocycles. The highest BCUT2D eigenvalue weighted by molar-refractivity contribution is 7.92. The second-order valence-corrected chi connectivity index (χ2v) is 11.2. The molecule has 0 amide bonds. The highest BCUT2D eigenvalue weighted by Gasteiger charge is 2.28. The van der Waals surface area contributed by atoms with Gasteiger partial charge in [-0.05, 0) is 82.5 Å². The largest absolute Gasteiger partial charge is 0.495 e. The van der Waals surface area contributed by atoms with Crippen LogP contribution in [-0.4, -0.2) is 46.3 Å². The van der Waals surface area contributed by atoms with Gasteiger partial charge < -0.3 is 19.7 Å². The van der Waals surface area contributed by atoms with Crippen molar-refractivity contribution in [3.8, 4) is 11.5 Å². The van der Waals surface area contributed by atoms with Gasteiger partial charge in [-0.1, -0.05) is 0 Å². The van der Waals surface area contributed by atoms with Crippen LogP contribution in [-0.2, 0) is 16.4 Å². The van der Waals surface area contributed by atoms with E-state index >= 15 is 0 Å². The number of ether oxygens (including phenoxy) is 2. The van der Waals surface area contributed by atoms with Crippen molar-refractivity contribution in [2.24, 2.45) is 0 Å². The van der Waals surface area contributed by atoms with Crippen LogP contribution in [0.15, 0.2) is 41.3 Å². The van der Waals surface area contributed by atoms with Gasteiger partial charge in [-0.2, -0.15) is 0 Å². The lowest BCUT2D eigenvalue weighted by molar-refractivity contribution is 0.0845. The van der Waals surface area contributed by atoms with Crippen LogP contribution in [0.4, 0.5) is 11.4 Å². The standard InChI is InChI=1S/C24H33N3O4S/c1-16-14-27(15-17(2)25-16)19-6-8-23(30-5)21(13-19)26-32(28,29)20-7-9-22-18(12-20)10-11-24(3,4)31-22/h6-9,12-13,16-17,25-26H,10-11,14-15H2,1-5H3. The van der Waals surface area contributed by atoms with E-state index in [0.29, 0.717) is 23.5 Å². The molecule has 0 saturated carbocycles. The van der Waals surface area contributed by atoms with Gasteiger partial charge in [-0.15, -0.1) is 0 Å². The zero-order valence-corrected chi connectivity index (χ0v) is 20.3. The van der Waals surface area contributed by atoms with Crippen molar-refractivity contribution in [2.45, 2.75) is 63.1 Å². The Morgan fingerprint density at radius 1 is 1.12 bits per heavy atom. The fourth-order valence-corrected chi connectivity index (χ4v) is 5.63. The fraction of sp³-hybridized carbons (Fsp3) is 0.500. The molecule has 0 bridgehead atoms. The van der Waals surface area contributed by atoms with Gasteiger partial charge in [0.25, 0.3) is 10.0 Å². The normalized spacial score (nSPS) is 22.6. The van der Waals surface area contributed by atoms with Gasteiger partial charge in [0.2, 0.25) is 0 Å². The van der Waals surface area contributed by atoms with Crippen LogP contribution in [0.1, 0.15) is 39.7 Å². The van der Waals surface area contributed by atoms with Crippen molar-refractivity contribution in [3.63, 3.8) is 0 Å². The minimum Gasteiger partial charge on any atom is -0.495 e. The van der Waals surface area contributed by atoms with E-state index in [0.717, 1.165) is 42.9 Å². The molecule has 2 N–H and O–H groups in total. The number of nitrogens with one attached hydrogen (secondary N) is 2. The minimum atomic E-state index is -3.79. The SMILES string of the molecule is COc1ccc(N2CC(C)NC(C)C2)cc1NS(=O)(=O)c1ccc2c(c1)CCC(C)(C)O2. The first kappa shape index (κ1) is 22.7. The summed E-state index contributed by atoms with van der Waals surface area (Å²) >= 11 is 0. The van der Waals surface area contributed by atoms with Gasteiger partial charge in [-0.3, -0.25) is 4.72 Å². The maximum absolute atomic E-state index is 13.2. The summed E-state index contributed by atoms with van der Waals surface area (Å²) < 4.78 is 40.7. The van der Waals surface area contributed by atoms with Crippen molar-refractivity contribution in [2.75, 3.05) is 29.8 Å². The van der Waals surface area contributed by atoms with E-state index in [4.69, 9.17) is 9.47 Å². The van der Waals surface area contributed by atoms with Crippen molar-refractivity contribution >= 4 is 21.4 Å². The van der Waals surface area contributed by atoms with E-state index in [-0.39, 0.29) is 10.5 Å². The Morgan fingerprint density at radius 3 is 2.53 bits per heavy atom. The van der Waals surface area contributed by atoms with Gasteiger partial charge in [0.1, 0.15) is 17.1 Å². The average Bonchev–Trinajstić information content (AvgIpc) is 2.71. The Kier molecular flexibility index (Phi) is 6.02. The predicted molar refractivity (Wildman–Crippen MR) is 128 cm³/mol. The predicted octanol–water partition coefficient (Wildman–Crippen LogP) is 3.79. The Morgan fingerprint density at radius 2 is 1.84 bits per heavy atom. The molecule has 32 heavy (non-hydrogen) atoms. The van der Waals surface area contributed by atoms with Crippen molar-refractivity contribution in [1.82, 2.24) is 5.32 Å². The Bertz CT molecular complexity index is 1090. The van der Waals surface area contributed by atoms with Crippen LogP contribution in [0.25, 0.3) is 0 Å². The molecule has 1 fully saturated rings. The van der Waals surface area contributed by atoms with Crippen LogP contribution in [0, 0.1) is 0 Å². The molecule has 0 radical (unpaired) electrons. The highest BCUT2D eigenvalue weighted by Crippen LogP contribution is 2.36. The van der Waals surface area contributed by atoms with Crippen LogP contribution in [0.3, 0.4) is 0 Å². The van der Waals surface area contributed by atoms with Gasteiger partial charge in [-0.25, -0.2) is 8.42 Å². The first-order valence-corrected chi connectivity index (χ1v) is 12.6. The van der Waals surface area contributed by atoms with Crippen LogP contribution >= 0.6 is 0 Å². The second-order valence-electron chi connectivity index (χ2n) is 9.50. The fourth-order valence-electron chi connectivity index (χ4n) is 4.52. The van der Waals surface area contributed by atoms with E-state index < -0.39 is 10.0 Å². The second kappa shape index (κ2) is 8.48. The molecule has 2 aliphatic rings. The molecule has 8 heteroatoms. The maximum atomic E-state index is 13.2. The summed E-state index contributed by atoms with van der Waals surface area (Å²) in [6, 6.07) is 11.4. The Hall–Kier alpha value is -2.45. The first-order valence-electron chi connectivity index (χ1n) is 11.1. The lowest BCUT2D eigenvalue weighted by Gasteiger charge is -2.38. The van der Waals surface area contributed by atoms with Crippen molar-refractivity contribution in [1.29, 1.82) is 0 Å². The Balaban J connectivity index is 1.61. The molecule has 174 valence electrons. The third-order valence-corrected chi connectivity index (χ3v) is 7.44. The van der Waals surface area contributed by atoms with Crippen LogP contribution < -0.4 is 24.4 Å². The molecule has 1 saturated heterocycles. The third-order valence-electron chi connectivity index (χ3n) is 6.07. The number of fused-ring (bicyclic) bond motifs is 1. The monoisotopic (exact) mass is 459 g/mol. The van der Waals surface area contributed by atoms with Crippen LogP contribution in [0.2, 0.25) is 0 Å². The molecule has 2 aliphatic heterocycles. The summed E-state index contributed by atoms with van der Waals surface area (Å²) in [6.07, 6.45) is 1.62. The van der Waals surface area contributed by atoms with Crippen molar-refractivity contribution < 1.29 is 17.9 Å². The molecular weight excluding hydrogens is 426 g/mol. The highest BCUT2D eigenvalue weighted by atomic mass is 32.2. The van der Waals surface area contributed by atoms with E-state index in [2.05, 4.69) is 28.8 Å². The average molecular weight is 460 g/mol. The van der Waals surface area contributed by atoms with E-state index in [1.54, 1.807) is 25.3 Å². The lowest BCUT2D eigenvalue weighted by Crippen LogP contribution is -2.54. The molecule has 2 atom stereocenters. The number of methoxy groups -OCH3 is 1. The van der Waals surface area contributed by atoms with Crippen LogP contribution in [0.5, 0.6) is 11.5 Å². The molecule has 2 aromatic carbocycles. The molecule has 4 rings (SSSR count). The maximum Gasteiger partial charge on any atom is 0.262 e. The molecule has 0 spiro atoms. The summed E-state index contributed by atoms with van der Waals surface area (Å²) in [4.78, 5) is 2.48. The summed E-state index contributed by atoms with van der Waals surface area (Å²) in [5, 5.41) is 3.52. The number of rotatable bonds is 5.